The molecular weight excluding hydrogens is 199 g/mol. The topological polar surface area (TPSA) is 38.7 Å². The highest BCUT2D eigenvalue weighted by Crippen LogP contribution is 2.26. The summed E-state index contributed by atoms with van der Waals surface area (Å²) in [5, 5.41) is 9.24. The van der Waals surface area contributed by atoms with Crippen LogP contribution in [-0.4, -0.2) is 36.4 Å². The van der Waals surface area contributed by atoms with Gasteiger partial charge < -0.3 is 14.6 Å². The molecule has 0 aromatic carbocycles. The summed E-state index contributed by atoms with van der Waals surface area (Å²) >= 11 is 0. The van der Waals surface area contributed by atoms with Crippen LogP contribution in [0.2, 0.25) is 0 Å². The van der Waals surface area contributed by atoms with E-state index in [9.17, 15) is 9.50 Å². The molecule has 15 heavy (non-hydrogen) atoms. The van der Waals surface area contributed by atoms with Crippen LogP contribution < -0.4 is 0 Å². The first-order valence-corrected chi connectivity index (χ1v) is 5.85. The summed E-state index contributed by atoms with van der Waals surface area (Å²) in [6, 6.07) is 0. The fourth-order valence-corrected chi connectivity index (χ4v) is 2.22. The Morgan fingerprint density at radius 3 is 2.73 bits per heavy atom. The lowest BCUT2D eigenvalue weighted by Gasteiger charge is -2.32. The number of rotatable bonds is 2. The van der Waals surface area contributed by atoms with Crippen molar-refractivity contribution in [2.75, 3.05) is 6.61 Å². The predicted octanol–water partition coefficient (Wildman–Crippen LogP) is 1.78. The van der Waals surface area contributed by atoms with E-state index >= 15 is 0 Å². The number of hydrogen-bond acceptors (Lipinski definition) is 3. The summed E-state index contributed by atoms with van der Waals surface area (Å²) in [5.41, 5.74) is 0. The number of ether oxygens (including phenoxy) is 2. The van der Waals surface area contributed by atoms with Crippen LogP contribution in [0, 0.1) is 0 Å². The van der Waals surface area contributed by atoms with Gasteiger partial charge in [0.15, 0.2) is 6.29 Å². The molecule has 1 aliphatic carbocycles. The van der Waals surface area contributed by atoms with Gasteiger partial charge in [0.25, 0.3) is 0 Å². The molecule has 1 heterocycles. The van der Waals surface area contributed by atoms with Gasteiger partial charge in [0.1, 0.15) is 6.17 Å². The highest BCUT2D eigenvalue weighted by atomic mass is 19.1. The fourth-order valence-electron chi connectivity index (χ4n) is 2.22. The van der Waals surface area contributed by atoms with Gasteiger partial charge in [-0.15, -0.1) is 0 Å². The Morgan fingerprint density at radius 2 is 2.07 bits per heavy atom. The van der Waals surface area contributed by atoms with Gasteiger partial charge in [0.05, 0.1) is 12.2 Å². The third-order valence-corrected chi connectivity index (χ3v) is 3.17. The number of aliphatic hydroxyl groups is 1. The van der Waals surface area contributed by atoms with Crippen molar-refractivity contribution in [3.05, 3.63) is 0 Å². The molecule has 3 nitrogen and oxygen atoms in total. The van der Waals surface area contributed by atoms with Gasteiger partial charge in [0.2, 0.25) is 0 Å². The van der Waals surface area contributed by atoms with E-state index in [0.717, 1.165) is 32.3 Å². The molecule has 4 heteroatoms. The van der Waals surface area contributed by atoms with Gasteiger partial charge >= 0.3 is 0 Å². The van der Waals surface area contributed by atoms with E-state index in [-0.39, 0.29) is 12.4 Å². The number of aliphatic hydroxyl groups excluding tert-OH is 1. The normalized spacial score (nSPS) is 42.8. The fraction of sp³-hybridized carbons (Fsp3) is 1.00. The lowest BCUT2D eigenvalue weighted by Crippen LogP contribution is -2.37. The molecule has 2 fully saturated rings. The van der Waals surface area contributed by atoms with E-state index in [2.05, 4.69) is 0 Å². The molecule has 1 saturated carbocycles. The first kappa shape index (κ1) is 11.3. The average molecular weight is 218 g/mol. The zero-order chi connectivity index (χ0) is 10.7. The van der Waals surface area contributed by atoms with Crippen LogP contribution in [0.3, 0.4) is 0 Å². The Balaban J connectivity index is 1.74. The van der Waals surface area contributed by atoms with Crippen LogP contribution in [0.4, 0.5) is 4.39 Å². The van der Waals surface area contributed by atoms with Crippen LogP contribution in [0.25, 0.3) is 0 Å². The van der Waals surface area contributed by atoms with Gasteiger partial charge in [-0.25, -0.2) is 4.39 Å². The molecule has 0 bridgehead atoms. The van der Waals surface area contributed by atoms with E-state index in [0.29, 0.717) is 12.8 Å². The van der Waals surface area contributed by atoms with Crippen molar-refractivity contribution in [1.29, 1.82) is 0 Å². The second-order valence-corrected chi connectivity index (χ2v) is 4.45. The molecule has 1 saturated heterocycles. The average Bonchev–Trinajstić information content (AvgIpc) is 2.25. The SMILES string of the molecule is OC1CCC(OC2CCCCO2)CC1F. The number of hydrogen-bond donors (Lipinski definition) is 1. The summed E-state index contributed by atoms with van der Waals surface area (Å²) < 4.78 is 24.3. The van der Waals surface area contributed by atoms with E-state index in [1.807, 2.05) is 0 Å². The van der Waals surface area contributed by atoms with Crippen LogP contribution in [0.1, 0.15) is 38.5 Å². The minimum atomic E-state index is -1.13. The van der Waals surface area contributed by atoms with Crippen molar-refractivity contribution < 1.29 is 19.0 Å². The van der Waals surface area contributed by atoms with Crippen molar-refractivity contribution in [3.8, 4) is 0 Å². The molecule has 88 valence electrons. The van der Waals surface area contributed by atoms with Crippen molar-refractivity contribution in [1.82, 2.24) is 0 Å². The van der Waals surface area contributed by atoms with Crippen LogP contribution in [0.15, 0.2) is 0 Å². The second kappa shape index (κ2) is 5.23. The molecule has 1 aliphatic heterocycles. The quantitative estimate of drug-likeness (QED) is 0.767. The lowest BCUT2D eigenvalue weighted by atomic mass is 9.93. The van der Waals surface area contributed by atoms with Crippen molar-refractivity contribution >= 4 is 0 Å². The van der Waals surface area contributed by atoms with Gasteiger partial charge in [-0.3, -0.25) is 0 Å². The van der Waals surface area contributed by atoms with Gasteiger partial charge in [0, 0.05) is 13.0 Å². The zero-order valence-electron chi connectivity index (χ0n) is 8.90. The Kier molecular flexibility index (Phi) is 3.94. The van der Waals surface area contributed by atoms with E-state index < -0.39 is 12.3 Å². The molecule has 2 rings (SSSR count). The third kappa shape index (κ3) is 3.13. The van der Waals surface area contributed by atoms with Gasteiger partial charge in [-0.1, -0.05) is 0 Å². The lowest BCUT2D eigenvalue weighted by molar-refractivity contribution is -0.201. The Hall–Kier alpha value is -0.190. The second-order valence-electron chi connectivity index (χ2n) is 4.45. The van der Waals surface area contributed by atoms with Gasteiger partial charge in [-0.05, 0) is 32.1 Å². The van der Waals surface area contributed by atoms with Crippen molar-refractivity contribution in [2.45, 2.75) is 63.2 Å². The maximum atomic E-state index is 13.2. The Bertz CT molecular complexity index is 194. The first-order chi connectivity index (χ1) is 7.25. The van der Waals surface area contributed by atoms with E-state index in [4.69, 9.17) is 9.47 Å². The summed E-state index contributed by atoms with van der Waals surface area (Å²) in [5.74, 6) is 0. The molecule has 0 aromatic heterocycles. The molecule has 0 aromatic rings. The summed E-state index contributed by atoms with van der Waals surface area (Å²) in [7, 11) is 0. The predicted molar refractivity (Wildman–Crippen MR) is 53.2 cm³/mol. The molecule has 4 atom stereocenters. The summed E-state index contributed by atoms with van der Waals surface area (Å²) in [4.78, 5) is 0. The Morgan fingerprint density at radius 1 is 1.20 bits per heavy atom. The smallest absolute Gasteiger partial charge is 0.157 e. The zero-order valence-corrected chi connectivity index (χ0v) is 8.90. The third-order valence-electron chi connectivity index (χ3n) is 3.17. The molecule has 0 radical (unpaired) electrons. The highest BCUT2D eigenvalue weighted by molar-refractivity contribution is 4.80. The summed E-state index contributed by atoms with van der Waals surface area (Å²) in [6.07, 6.45) is 2.52. The Labute approximate surface area is 89.6 Å². The van der Waals surface area contributed by atoms with Crippen molar-refractivity contribution in [3.63, 3.8) is 0 Å². The largest absolute Gasteiger partial charge is 0.390 e. The van der Waals surface area contributed by atoms with Crippen molar-refractivity contribution in [2.24, 2.45) is 0 Å². The molecule has 0 spiro atoms. The molecule has 4 unspecified atom stereocenters. The molecule has 0 amide bonds. The monoisotopic (exact) mass is 218 g/mol. The number of halogens is 1. The van der Waals surface area contributed by atoms with Gasteiger partial charge in [-0.2, -0.15) is 0 Å². The summed E-state index contributed by atoms with van der Waals surface area (Å²) in [6.45, 7) is 0.749. The van der Waals surface area contributed by atoms with Crippen LogP contribution in [0.5, 0.6) is 0 Å². The van der Waals surface area contributed by atoms with E-state index in [1.165, 1.54) is 0 Å². The maximum absolute atomic E-state index is 13.2. The van der Waals surface area contributed by atoms with Crippen LogP contribution in [-0.2, 0) is 9.47 Å². The maximum Gasteiger partial charge on any atom is 0.157 e. The highest BCUT2D eigenvalue weighted by Gasteiger charge is 2.31. The van der Waals surface area contributed by atoms with E-state index in [1.54, 1.807) is 0 Å². The minimum absolute atomic E-state index is 0.0773. The first-order valence-electron chi connectivity index (χ1n) is 5.85. The molecule has 1 N–H and O–H groups in total. The molecule has 2 aliphatic rings. The minimum Gasteiger partial charge on any atom is -0.390 e. The molecular formula is C11H19FO3. The standard InChI is InChI=1S/C11H19FO3/c12-9-7-8(4-5-10(9)13)15-11-3-1-2-6-14-11/h8-11,13H,1-7H2. The number of alkyl halides is 1. The van der Waals surface area contributed by atoms with Crippen LogP contribution >= 0.6 is 0 Å².